The van der Waals surface area contributed by atoms with Crippen molar-refractivity contribution in [2.45, 2.75) is 51.2 Å². The van der Waals surface area contributed by atoms with Gasteiger partial charge in [-0.15, -0.1) is 0 Å². The van der Waals surface area contributed by atoms with Crippen molar-refractivity contribution in [1.29, 1.82) is 0 Å². The Morgan fingerprint density at radius 1 is 1.15 bits per heavy atom. The van der Waals surface area contributed by atoms with E-state index < -0.39 is 0 Å². The number of aryl methyl sites for hydroxylation is 2. The molecule has 0 bridgehead atoms. The molecule has 1 aromatic rings. The van der Waals surface area contributed by atoms with E-state index in [0.29, 0.717) is 6.10 Å². The Balaban J connectivity index is 1.67. The number of hydrogen-bond acceptors (Lipinski definition) is 3. The molecular weight excluding hydrogens is 268 g/mol. The van der Waals surface area contributed by atoms with Gasteiger partial charge in [0.05, 0.1) is 12.2 Å². The molecule has 1 atom stereocenters. The van der Waals surface area contributed by atoms with Gasteiger partial charge in [0.1, 0.15) is 11.9 Å². The summed E-state index contributed by atoms with van der Waals surface area (Å²) < 4.78 is 12.4. The number of rotatable bonds is 2. The molecule has 0 amide bonds. The van der Waals surface area contributed by atoms with E-state index >= 15 is 0 Å². The van der Waals surface area contributed by atoms with Crippen molar-refractivity contribution in [3.05, 3.63) is 29.3 Å². The second kappa shape index (κ2) is 5.98. The first-order valence-electron chi connectivity index (χ1n) is 7.62. The van der Waals surface area contributed by atoms with Gasteiger partial charge in [0.15, 0.2) is 0 Å². The third kappa shape index (κ3) is 3.32. The van der Waals surface area contributed by atoms with E-state index in [1.165, 1.54) is 35.5 Å². The number of ether oxygens (including phenoxy) is 2. The first-order valence-corrected chi connectivity index (χ1v) is 8.77. The quantitative estimate of drug-likeness (QED) is 0.816. The highest BCUT2D eigenvalue weighted by Crippen LogP contribution is 2.38. The standard InChI is InChI=1S/C17H24O2S/c1-13-9-14(2)11-16(10-13)19-15-3-6-18-17(12-15)4-7-20-8-5-17/h9-11,15H,3-8,12H2,1-2H3. The molecule has 0 aliphatic carbocycles. The molecular formula is C17H24O2S. The molecule has 1 spiro atoms. The first-order chi connectivity index (χ1) is 9.65. The zero-order valence-electron chi connectivity index (χ0n) is 12.5. The van der Waals surface area contributed by atoms with Crippen LogP contribution in [-0.2, 0) is 4.74 Å². The van der Waals surface area contributed by atoms with Crippen LogP contribution in [0.4, 0.5) is 0 Å². The average Bonchev–Trinajstić information content (AvgIpc) is 2.38. The monoisotopic (exact) mass is 292 g/mol. The molecule has 2 aliphatic rings. The van der Waals surface area contributed by atoms with Crippen molar-refractivity contribution < 1.29 is 9.47 Å². The van der Waals surface area contributed by atoms with E-state index in [1.54, 1.807) is 0 Å². The Hall–Kier alpha value is -0.670. The molecule has 2 aliphatic heterocycles. The average molecular weight is 292 g/mol. The van der Waals surface area contributed by atoms with Crippen LogP contribution in [0.3, 0.4) is 0 Å². The molecule has 0 N–H and O–H groups in total. The summed E-state index contributed by atoms with van der Waals surface area (Å²) in [5, 5.41) is 0. The van der Waals surface area contributed by atoms with Crippen LogP contribution >= 0.6 is 11.8 Å². The molecule has 0 aromatic heterocycles. The first kappa shape index (κ1) is 14.3. The Morgan fingerprint density at radius 2 is 1.85 bits per heavy atom. The predicted octanol–water partition coefficient (Wildman–Crippen LogP) is 4.13. The third-order valence-electron chi connectivity index (χ3n) is 4.35. The molecule has 2 heterocycles. The highest BCUT2D eigenvalue weighted by molar-refractivity contribution is 7.99. The zero-order chi connectivity index (χ0) is 14.0. The third-order valence-corrected chi connectivity index (χ3v) is 5.34. The van der Waals surface area contributed by atoms with E-state index in [2.05, 4.69) is 43.8 Å². The van der Waals surface area contributed by atoms with E-state index in [-0.39, 0.29) is 5.60 Å². The highest BCUT2D eigenvalue weighted by atomic mass is 32.2. The summed E-state index contributed by atoms with van der Waals surface area (Å²) in [7, 11) is 0. The maximum Gasteiger partial charge on any atom is 0.120 e. The summed E-state index contributed by atoms with van der Waals surface area (Å²) in [6, 6.07) is 6.48. The normalized spacial score (nSPS) is 25.6. The topological polar surface area (TPSA) is 18.5 Å². The van der Waals surface area contributed by atoms with E-state index in [0.717, 1.165) is 25.2 Å². The molecule has 2 saturated heterocycles. The predicted molar refractivity (Wildman–Crippen MR) is 84.8 cm³/mol. The maximum absolute atomic E-state index is 6.26. The van der Waals surface area contributed by atoms with Crippen LogP contribution < -0.4 is 4.74 Å². The van der Waals surface area contributed by atoms with Crippen molar-refractivity contribution in [3.8, 4) is 5.75 Å². The van der Waals surface area contributed by atoms with Crippen molar-refractivity contribution in [3.63, 3.8) is 0 Å². The Bertz CT molecular complexity index is 440. The molecule has 2 fully saturated rings. The molecule has 0 radical (unpaired) electrons. The van der Waals surface area contributed by atoms with Crippen LogP contribution in [0.5, 0.6) is 5.75 Å². The van der Waals surface area contributed by atoms with Gasteiger partial charge in [-0.05, 0) is 61.5 Å². The Morgan fingerprint density at radius 3 is 2.55 bits per heavy atom. The Kier molecular flexibility index (Phi) is 4.27. The second-order valence-electron chi connectivity index (χ2n) is 6.20. The van der Waals surface area contributed by atoms with Crippen LogP contribution in [0.2, 0.25) is 0 Å². The van der Waals surface area contributed by atoms with Crippen molar-refractivity contribution >= 4 is 11.8 Å². The fourth-order valence-electron chi connectivity index (χ4n) is 3.37. The van der Waals surface area contributed by atoms with Crippen LogP contribution in [0.15, 0.2) is 18.2 Å². The minimum absolute atomic E-state index is 0.104. The molecule has 1 aromatic carbocycles. The van der Waals surface area contributed by atoms with Crippen molar-refractivity contribution in [2.24, 2.45) is 0 Å². The SMILES string of the molecule is Cc1cc(C)cc(OC2CCOC3(CCSCC3)C2)c1. The van der Waals surface area contributed by atoms with Crippen LogP contribution in [0, 0.1) is 13.8 Å². The molecule has 2 nitrogen and oxygen atoms in total. The highest BCUT2D eigenvalue weighted by Gasteiger charge is 2.39. The minimum Gasteiger partial charge on any atom is -0.490 e. The van der Waals surface area contributed by atoms with Crippen molar-refractivity contribution in [2.75, 3.05) is 18.1 Å². The lowest BCUT2D eigenvalue weighted by atomic mass is 9.86. The van der Waals surface area contributed by atoms with Gasteiger partial charge in [0.25, 0.3) is 0 Å². The Labute approximate surface area is 126 Å². The minimum atomic E-state index is 0.104. The summed E-state index contributed by atoms with van der Waals surface area (Å²) >= 11 is 2.05. The van der Waals surface area contributed by atoms with Crippen LogP contribution in [0.25, 0.3) is 0 Å². The second-order valence-corrected chi connectivity index (χ2v) is 7.42. The molecule has 3 heteroatoms. The largest absolute Gasteiger partial charge is 0.490 e. The van der Waals surface area contributed by atoms with Crippen LogP contribution in [-0.4, -0.2) is 29.8 Å². The van der Waals surface area contributed by atoms with Crippen molar-refractivity contribution in [1.82, 2.24) is 0 Å². The fourth-order valence-corrected chi connectivity index (χ4v) is 4.61. The molecule has 1 unspecified atom stereocenters. The number of benzene rings is 1. The lowest BCUT2D eigenvalue weighted by Gasteiger charge is -2.43. The smallest absolute Gasteiger partial charge is 0.120 e. The van der Waals surface area contributed by atoms with Gasteiger partial charge in [-0.1, -0.05) is 6.07 Å². The van der Waals surface area contributed by atoms with Gasteiger partial charge >= 0.3 is 0 Å². The zero-order valence-corrected chi connectivity index (χ0v) is 13.3. The van der Waals surface area contributed by atoms with Gasteiger partial charge in [0, 0.05) is 12.8 Å². The van der Waals surface area contributed by atoms with Crippen LogP contribution in [0.1, 0.15) is 36.8 Å². The lowest BCUT2D eigenvalue weighted by molar-refractivity contribution is -0.116. The summed E-state index contributed by atoms with van der Waals surface area (Å²) in [5.74, 6) is 3.49. The van der Waals surface area contributed by atoms with Gasteiger partial charge < -0.3 is 9.47 Å². The maximum atomic E-state index is 6.26. The summed E-state index contributed by atoms with van der Waals surface area (Å²) in [6.07, 6.45) is 4.75. The molecule has 0 saturated carbocycles. The van der Waals surface area contributed by atoms with Gasteiger partial charge in [0.2, 0.25) is 0 Å². The van der Waals surface area contributed by atoms with E-state index in [1.807, 2.05) is 0 Å². The van der Waals surface area contributed by atoms with Gasteiger partial charge in [-0.3, -0.25) is 0 Å². The fraction of sp³-hybridized carbons (Fsp3) is 0.647. The number of hydrogen-bond donors (Lipinski definition) is 0. The van der Waals surface area contributed by atoms with E-state index in [9.17, 15) is 0 Å². The number of thioether (sulfide) groups is 1. The lowest BCUT2D eigenvalue weighted by Crippen LogP contribution is -2.46. The molecule has 110 valence electrons. The summed E-state index contributed by atoms with van der Waals surface area (Å²) in [5.41, 5.74) is 2.65. The van der Waals surface area contributed by atoms with Gasteiger partial charge in [-0.2, -0.15) is 11.8 Å². The van der Waals surface area contributed by atoms with Gasteiger partial charge in [-0.25, -0.2) is 0 Å². The molecule has 20 heavy (non-hydrogen) atoms. The summed E-state index contributed by atoms with van der Waals surface area (Å²) in [4.78, 5) is 0. The molecule has 3 rings (SSSR count). The summed E-state index contributed by atoms with van der Waals surface area (Å²) in [6.45, 7) is 5.10. The van der Waals surface area contributed by atoms with E-state index in [4.69, 9.17) is 9.47 Å².